The van der Waals surface area contributed by atoms with Crippen LogP contribution in [0.5, 0.6) is 0 Å². The van der Waals surface area contributed by atoms with Crippen LogP contribution < -0.4 is 0 Å². The molecule has 3 aliphatic heterocycles. The topological polar surface area (TPSA) is 15.6 Å². The Morgan fingerprint density at radius 3 is 2.75 bits per heavy atom. The first-order valence-corrected chi connectivity index (χ1v) is 2.94. The maximum absolute atomic E-state index is 4.12. The Bertz CT molecular complexity index is 119. The fourth-order valence-electron chi connectivity index (χ4n) is 1.05. The zero-order chi connectivity index (χ0) is 5.40. The minimum atomic E-state index is 0.639. The van der Waals surface area contributed by atoms with Crippen LogP contribution in [0.2, 0.25) is 0 Å². The third kappa shape index (κ3) is 0.457. The molecule has 0 saturated heterocycles. The van der Waals surface area contributed by atoms with Crippen molar-refractivity contribution in [3.63, 3.8) is 0 Å². The van der Waals surface area contributed by atoms with E-state index in [9.17, 15) is 0 Å². The summed E-state index contributed by atoms with van der Waals surface area (Å²) < 4.78 is 0. The number of hydrogen-bond acceptors (Lipinski definition) is 2. The van der Waals surface area contributed by atoms with Gasteiger partial charge in [0.25, 0.3) is 0 Å². The molecule has 0 radical (unpaired) electrons. The highest BCUT2D eigenvalue weighted by molar-refractivity contribution is 5.64. The molecule has 0 amide bonds. The van der Waals surface area contributed by atoms with Gasteiger partial charge in [0, 0.05) is 24.9 Å². The first kappa shape index (κ1) is 4.13. The summed E-state index contributed by atoms with van der Waals surface area (Å²) in [5.41, 5.74) is 0. The van der Waals surface area contributed by atoms with E-state index in [1.807, 2.05) is 17.4 Å². The lowest BCUT2D eigenvalue weighted by molar-refractivity contribution is 0.338. The van der Waals surface area contributed by atoms with Crippen LogP contribution in [-0.4, -0.2) is 17.8 Å². The van der Waals surface area contributed by atoms with Gasteiger partial charge in [0.05, 0.1) is 0 Å². The van der Waals surface area contributed by atoms with E-state index in [1.165, 1.54) is 6.42 Å². The Morgan fingerprint density at radius 2 is 2.62 bits per heavy atom. The van der Waals surface area contributed by atoms with Crippen LogP contribution in [0, 0.1) is 5.92 Å². The van der Waals surface area contributed by atoms with E-state index < -0.39 is 0 Å². The predicted octanol–water partition coefficient (Wildman–Crippen LogP) is 0.821. The standard InChI is InChI=1S/C6H8N2/c1-3-8-4-2-6(1)5-7-8/h1,3,5-6H,2,4H2. The molecule has 0 saturated carbocycles. The number of rotatable bonds is 0. The molecule has 0 aliphatic carbocycles. The van der Waals surface area contributed by atoms with Gasteiger partial charge in [-0.15, -0.1) is 0 Å². The summed E-state index contributed by atoms with van der Waals surface area (Å²) in [7, 11) is 0. The summed E-state index contributed by atoms with van der Waals surface area (Å²) in [4.78, 5) is 0. The van der Waals surface area contributed by atoms with E-state index in [1.54, 1.807) is 0 Å². The molecule has 3 heterocycles. The lowest BCUT2D eigenvalue weighted by Gasteiger charge is -2.26. The van der Waals surface area contributed by atoms with Crippen LogP contribution in [0.25, 0.3) is 0 Å². The third-order valence-corrected chi connectivity index (χ3v) is 1.60. The summed E-state index contributed by atoms with van der Waals surface area (Å²) in [5.74, 6) is 0.639. The van der Waals surface area contributed by atoms with Gasteiger partial charge in [-0.25, -0.2) is 0 Å². The smallest absolute Gasteiger partial charge is 0.0417 e. The summed E-state index contributed by atoms with van der Waals surface area (Å²) in [5, 5.41) is 6.09. The monoisotopic (exact) mass is 108 g/mol. The number of hydrogen-bond donors (Lipinski definition) is 0. The van der Waals surface area contributed by atoms with Crippen LogP contribution in [0.4, 0.5) is 0 Å². The van der Waals surface area contributed by atoms with Gasteiger partial charge in [-0.1, -0.05) is 6.08 Å². The van der Waals surface area contributed by atoms with Crippen LogP contribution in [0.15, 0.2) is 17.4 Å². The Balaban J connectivity index is 2.31. The molecular formula is C6H8N2. The van der Waals surface area contributed by atoms with Crippen molar-refractivity contribution < 1.29 is 0 Å². The van der Waals surface area contributed by atoms with E-state index in [0.29, 0.717) is 5.92 Å². The normalized spacial score (nSPS) is 32.0. The van der Waals surface area contributed by atoms with Crippen molar-refractivity contribution in [2.24, 2.45) is 11.0 Å². The first-order valence-electron chi connectivity index (χ1n) is 2.94. The molecule has 0 aromatic rings. The molecule has 2 heteroatoms. The maximum atomic E-state index is 4.12. The van der Waals surface area contributed by atoms with Crippen LogP contribution in [0.3, 0.4) is 0 Å². The highest BCUT2D eigenvalue weighted by atomic mass is 15.4. The number of allylic oxidation sites excluding steroid dienone is 1. The van der Waals surface area contributed by atoms with E-state index in [0.717, 1.165) is 6.54 Å². The van der Waals surface area contributed by atoms with Gasteiger partial charge in [-0.3, -0.25) is 5.01 Å². The van der Waals surface area contributed by atoms with Gasteiger partial charge in [0.1, 0.15) is 0 Å². The minimum Gasteiger partial charge on any atom is -0.273 e. The molecule has 2 bridgehead atoms. The molecule has 3 rings (SSSR count). The van der Waals surface area contributed by atoms with Crippen molar-refractivity contribution in [1.82, 2.24) is 5.01 Å². The zero-order valence-electron chi connectivity index (χ0n) is 4.62. The van der Waals surface area contributed by atoms with Crippen molar-refractivity contribution in [2.45, 2.75) is 6.42 Å². The van der Waals surface area contributed by atoms with E-state index in [4.69, 9.17) is 0 Å². The minimum absolute atomic E-state index is 0.639. The van der Waals surface area contributed by atoms with Gasteiger partial charge >= 0.3 is 0 Å². The van der Waals surface area contributed by atoms with E-state index in [-0.39, 0.29) is 0 Å². The van der Waals surface area contributed by atoms with Crippen LogP contribution >= 0.6 is 0 Å². The van der Waals surface area contributed by atoms with Crippen molar-refractivity contribution in [3.8, 4) is 0 Å². The van der Waals surface area contributed by atoms with Crippen molar-refractivity contribution in [3.05, 3.63) is 12.3 Å². The Kier molecular flexibility index (Phi) is 0.692. The lowest BCUT2D eigenvalue weighted by atomic mass is 10.0. The Labute approximate surface area is 48.5 Å². The van der Waals surface area contributed by atoms with Gasteiger partial charge in [-0.05, 0) is 6.42 Å². The number of nitrogens with zero attached hydrogens (tertiary/aromatic N) is 2. The molecule has 1 atom stereocenters. The number of hydrazone groups is 1. The molecule has 3 aliphatic rings. The molecule has 2 nitrogen and oxygen atoms in total. The second-order valence-corrected chi connectivity index (χ2v) is 2.22. The molecule has 0 spiro atoms. The SMILES string of the molecule is C1=CN2CCC1C=N2. The van der Waals surface area contributed by atoms with Crippen molar-refractivity contribution >= 4 is 6.21 Å². The highest BCUT2D eigenvalue weighted by Crippen LogP contribution is 2.16. The van der Waals surface area contributed by atoms with Crippen LogP contribution in [-0.2, 0) is 0 Å². The average Bonchev–Trinajstić information content (AvgIpc) is 1.92. The first-order chi connectivity index (χ1) is 3.95. The van der Waals surface area contributed by atoms with Gasteiger partial charge in [0.15, 0.2) is 0 Å². The molecule has 0 aromatic heterocycles. The van der Waals surface area contributed by atoms with Gasteiger partial charge in [0.2, 0.25) is 0 Å². The highest BCUT2D eigenvalue weighted by Gasteiger charge is 2.14. The molecule has 0 N–H and O–H groups in total. The number of fused-ring (bicyclic) bond motifs is 1. The molecule has 0 fully saturated rings. The summed E-state index contributed by atoms with van der Waals surface area (Å²) in [6.45, 7) is 1.11. The molecule has 42 valence electrons. The second kappa shape index (κ2) is 1.34. The summed E-state index contributed by atoms with van der Waals surface area (Å²) in [6.07, 6.45) is 7.49. The molecular weight excluding hydrogens is 100 g/mol. The average molecular weight is 108 g/mol. The Hall–Kier alpha value is -0.790. The van der Waals surface area contributed by atoms with Crippen molar-refractivity contribution in [1.29, 1.82) is 0 Å². The predicted molar refractivity (Wildman–Crippen MR) is 32.4 cm³/mol. The fraction of sp³-hybridized carbons (Fsp3) is 0.500. The molecule has 0 aromatic carbocycles. The summed E-state index contributed by atoms with van der Waals surface area (Å²) >= 11 is 0. The largest absolute Gasteiger partial charge is 0.273 e. The fourth-order valence-corrected chi connectivity index (χ4v) is 1.05. The van der Waals surface area contributed by atoms with E-state index in [2.05, 4.69) is 11.2 Å². The van der Waals surface area contributed by atoms with Crippen LogP contribution in [0.1, 0.15) is 6.42 Å². The lowest BCUT2D eigenvalue weighted by Crippen LogP contribution is -2.26. The maximum Gasteiger partial charge on any atom is 0.0417 e. The third-order valence-electron chi connectivity index (χ3n) is 1.60. The zero-order valence-corrected chi connectivity index (χ0v) is 4.62. The summed E-state index contributed by atoms with van der Waals surface area (Å²) in [6, 6.07) is 0. The van der Waals surface area contributed by atoms with E-state index >= 15 is 0 Å². The second-order valence-electron chi connectivity index (χ2n) is 2.22. The Morgan fingerprint density at radius 1 is 1.62 bits per heavy atom. The quantitative estimate of drug-likeness (QED) is 0.448. The molecule has 1 unspecified atom stereocenters. The van der Waals surface area contributed by atoms with Gasteiger partial charge in [-0.2, -0.15) is 5.10 Å². The van der Waals surface area contributed by atoms with Crippen molar-refractivity contribution in [2.75, 3.05) is 6.54 Å². The molecule has 8 heavy (non-hydrogen) atoms. The van der Waals surface area contributed by atoms with Gasteiger partial charge < -0.3 is 0 Å².